The van der Waals surface area contributed by atoms with E-state index >= 15 is 0 Å². The molecule has 0 aliphatic heterocycles. The van der Waals surface area contributed by atoms with E-state index in [1.165, 1.54) is 96.0 Å². The maximum absolute atomic E-state index is 13.3. The number of esters is 2. The third-order valence-electron chi connectivity index (χ3n) is 12.4. The van der Waals surface area contributed by atoms with Crippen molar-refractivity contribution in [1.29, 1.82) is 0 Å². The molecule has 0 aromatic heterocycles. The minimum atomic E-state index is -1.59. The number of ketones is 2. The number of carbonyl (C=O) groups excluding carboxylic acids is 4. The highest BCUT2D eigenvalue weighted by Gasteiger charge is 2.31. The predicted molar refractivity (Wildman–Crippen MR) is 260 cm³/mol. The van der Waals surface area contributed by atoms with E-state index in [2.05, 4.69) is 40.9 Å². The molecule has 0 aliphatic carbocycles. The second kappa shape index (κ2) is 44.8. The molecular formula is C54H98O9. The first kappa shape index (κ1) is 60.6. The van der Waals surface area contributed by atoms with Gasteiger partial charge in [0.15, 0.2) is 11.6 Å². The summed E-state index contributed by atoms with van der Waals surface area (Å²) < 4.78 is 23.0. The van der Waals surface area contributed by atoms with Gasteiger partial charge in [-0.3, -0.25) is 19.2 Å². The Hall–Kier alpha value is -2.36. The highest BCUT2D eigenvalue weighted by molar-refractivity contribution is 5.92. The lowest BCUT2D eigenvalue weighted by atomic mass is 9.94. The molecule has 0 saturated heterocycles. The first-order valence-electron chi connectivity index (χ1n) is 26.2. The number of aliphatic hydroxyl groups excluding tert-OH is 1. The number of hydrogen-bond acceptors (Lipinski definition) is 9. The molecule has 0 spiro atoms. The molecule has 5 unspecified atom stereocenters. The third-order valence-corrected chi connectivity index (χ3v) is 12.4. The molecule has 1 N–H and O–H groups in total. The number of carbonyl (C=O) groups is 4. The van der Waals surface area contributed by atoms with Gasteiger partial charge in [0.1, 0.15) is 12.5 Å². The first-order valence-corrected chi connectivity index (χ1v) is 26.2. The number of ether oxygens (including phenoxy) is 4. The molecule has 63 heavy (non-hydrogen) atoms. The third kappa shape index (κ3) is 34.6. The van der Waals surface area contributed by atoms with Gasteiger partial charge in [0, 0.05) is 13.2 Å². The molecule has 9 nitrogen and oxygen atoms in total. The summed E-state index contributed by atoms with van der Waals surface area (Å²) in [5, 5.41) is 10.9. The monoisotopic (exact) mass is 891 g/mol. The van der Waals surface area contributed by atoms with Crippen LogP contribution in [0.15, 0.2) is 25.3 Å². The largest absolute Gasteiger partial charge is 0.465 e. The second-order valence-corrected chi connectivity index (χ2v) is 18.2. The van der Waals surface area contributed by atoms with Crippen LogP contribution in [0.2, 0.25) is 0 Å². The van der Waals surface area contributed by atoms with Crippen LogP contribution in [0.1, 0.15) is 233 Å². The van der Waals surface area contributed by atoms with Gasteiger partial charge < -0.3 is 24.1 Å². The van der Waals surface area contributed by atoms with Gasteiger partial charge in [-0.15, -0.1) is 0 Å². The molecule has 0 rings (SSSR count). The smallest absolute Gasteiger partial charge is 0.311 e. The number of unbranched alkanes of at least 4 members (excludes halogenated alkanes) is 23. The zero-order chi connectivity index (χ0) is 46.6. The topological polar surface area (TPSA) is 125 Å². The van der Waals surface area contributed by atoms with Crippen LogP contribution < -0.4 is 0 Å². The van der Waals surface area contributed by atoms with Crippen LogP contribution in [0.3, 0.4) is 0 Å². The Morgan fingerprint density at radius 1 is 0.429 bits per heavy atom. The summed E-state index contributed by atoms with van der Waals surface area (Å²) in [4.78, 5) is 51.9. The Morgan fingerprint density at radius 2 is 0.778 bits per heavy atom. The van der Waals surface area contributed by atoms with Gasteiger partial charge in [0.2, 0.25) is 6.29 Å². The maximum atomic E-state index is 13.3. The van der Waals surface area contributed by atoms with Gasteiger partial charge in [-0.25, -0.2) is 0 Å². The average molecular weight is 891 g/mol. The molecule has 0 radical (unpaired) electrons. The van der Waals surface area contributed by atoms with E-state index in [0.29, 0.717) is 13.2 Å². The zero-order valence-corrected chi connectivity index (χ0v) is 41.3. The summed E-state index contributed by atoms with van der Waals surface area (Å²) in [6, 6.07) is 0. The van der Waals surface area contributed by atoms with Gasteiger partial charge in [-0.05, 0) is 50.7 Å². The summed E-state index contributed by atoms with van der Waals surface area (Å²) in [5.74, 6) is -3.24. The Balaban J connectivity index is 4.77. The predicted octanol–water partition coefficient (Wildman–Crippen LogP) is 14.0. The van der Waals surface area contributed by atoms with Crippen LogP contribution in [0.4, 0.5) is 0 Å². The molecular weight excluding hydrogens is 793 g/mol. The Bertz CT molecular complexity index is 1120. The lowest BCUT2D eigenvalue weighted by Crippen LogP contribution is -2.36. The summed E-state index contributed by atoms with van der Waals surface area (Å²) in [7, 11) is 0. The van der Waals surface area contributed by atoms with E-state index in [4.69, 9.17) is 18.9 Å². The Labute approximate surface area is 387 Å². The minimum absolute atomic E-state index is 0.00653. The molecule has 0 heterocycles. The quantitative estimate of drug-likeness (QED) is 0.0275. The van der Waals surface area contributed by atoms with Crippen molar-refractivity contribution in [2.75, 3.05) is 33.0 Å². The van der Waals surface area contributed by atoms with E-state index in [-0.39, 0.29) is 43.4 Å². The number of allylic oxidation sites excluding steroid dienone is 2. The summed E-state index contributed by atoms with van der Waals surface area (Å²) in [6.45, 7) is 17.0. The molecule has 0 aliphatic rings. The minimum Gasteiger partial charge on any atom is -0.465 e. The normalized spacial score (nSPS) is 13.8. The van der Waals surface area contributed by atoms with Crippen LogP contribution in [0, 0.1) is 23.7 Å². The van der Waals surface area contributed by atoms with E-state index in [1.807, 2.05) is 0 Å². The molecule has 0 aromatic rings. The van der Waals surface area contributed by atoms with E-state index < -0.39 is 29.9 Å². The van der Waals surface area contributed by atoms with Crippen molar-refractivity contribution in [1.82, 2.24) is 0 Å². The fraction of sp³-hybridized carbons (Fsp3) is 0.852. The van der Waals surface area contributed by atoms with E-state index in [0.717, 1.165) is 122 Å². The van der Waals surface area contributed by atoms with Crippen molar-refractivity contribution in [2.24, 2.45) is 23.7 Å². The van der Waals surface area contributed by atoms with Crippen LogP contribution in [0.25, 0.3) is 0 Å². The summed E-state index contributed by atoms with van der Waals surface area (Å²) in [5.41, 5.74) is 0. The van der Waals surface area contributed by atoms with Crippen molar-refractivity contribution >= 4 is 23.5 Å². The number of hydrogen-bond donors (Lipinski definition) is 1. The highest BCUT2D eigenvalue weighted by atomic mass is 16.6. The van der Waals surface area contributed by atoms with Crippen LogP contribution in [0.5, 0.6) is 0 Å². The zero-order valence-electron chi connectivity index (χ0n) is 41.3. The lowest BCUT2D eigenvalue weighted by Gasteiger charge is -2.23. The van der Waals surface area contributed by atoms with E-state index in [9.17, 15) is 24.3 Å². The fourth-order valence-corrected chi connectivity index (χ4v) is 8.08. The lowest BCUT2D eigenvalue weighted by molar-refractivity contribution is -0.186. The number of rotatable bonds is 49. The molecule has 368 valence electrons. The molecule has 9 heteroatoms. The van der Waals surface area contributed by atoms with Crippen molar-refractivity contribution in [3.05, 3.63) is 25.3 Å². The molecule has 0 saturated carbocycles. The Morgan fingerprint density at radius 3 is 1.17 bits per heavy atom. The summed E-state index contributed by atoms with van der Waals surface area (Å²) in [6.07, 6.45) is 35.1. The van der Waals surface area contributed by atoms with Gasteiger partial charge in [0.05, 0.1) is 31.0 Å². The number of aliphatic hydroxyl groups is 1. The average Bonchev–Trinajstić information content (AvgIpc) is 3.28. The van der Waals surface area contributed by atoms with Crippen molar-refractivity contribution in [3.8, 4) is 0 Å². The molecule has 5 atom stereocenters. The first-order chi connectivity index (χ1) is 30.7. The standard InChI is InChI=1S/C54H98O9/c1-7-13-17-21-23-27-33-38-46(37-31-25-19-15-9-3)52(57)62-44-48(50(55)11-5)43-60-41-35-29-30-36-42-61-45-49(51(56)12-6)54(59)63-53(58)47(39-32-26-20-16-10-4)40-34-28-24-22-18-14-8-2/h11-12,46-49,54,59H,5-10,13-45H2,1-4H3. The molecule has 0 fully saturated rings. The fourth-order valence-electron chi connectivity index (χ4n) is 8.08. The van der Waals surface area contributed by atoms with Crippen LogP contribution in [-0.4, -0.2) is 67.9 Å². The second-order valence-electron chi connectivity index (χ2n) is 18.2. The van der Waals surface area contributed by atoms with Gasteiger partial charge in [-0.2, -0.15) is 0 Å². The maximum Gasteiger partial charge on any atom is 0.311 e. The van der Waals surface area contributed by atoms with Crippen molar-refractivity contribution < 1.29 is 43.2 Å². The highest BCUT2D eigenvalue weighted by Crippen LogP contribution is 2.24. The Kier molecular flexibility index (Phi) is 43.1. The SMILES string of the molecule is C=CC(=O)C(COCCCCCCOCC(C(=O)C=C)C(O)OC(=O)C(CCCCCCC)CCCCCCCCC)COC(=O)C(CCCCCCC)CCCCCCCCC. The molecule has 0 amide bonds. The van der Waals surface area contributed by atoms with Crippen molar-refractivity contribution in [2.45, 2.75) is 239 Å². The van der Waals surface area contributed by atoms with Gasteiger partial charge in [-0.1, -0.05) is 208 Å². The van der Waals surface area contributed by atoms with Gasteiger partial charge in [0.25, 0.3) is 0 Å². The molecule has 0 aromatic carbocycles. The van der Waals surface area contributed by atoms with E-state index in [1.54, 1.807) is 0 Å². The van der Waals surface area contributed by atoms with Crippen LogP contribution in [-0.2, 0) is 38.1 Å². The summed E-state index contributed by atoms with van der Waals surface area (Å²) >= 11 is 0. The van der Waals surface area contributed by atoms with Crippen LogP contribution >= 0.6 is 0 Å². The van der Waals surface area contributed by atoms with Gasteiger partial charge >= 0.3 is 11.9 Å². The van der Waals surface area contributed by atoms with Crippen molar-refractivity contribution in [3.63, 3.8) is 0 Å². The molecule has 0 bridgehead atoms.